The number of rotatable bonds is 2. The number of carbonyl (C=O) groups excluding carboxylic acids is 1. The van der Waals surface area contributed by atoms with E-state index in [-0.39, 0.29) is 17.5 Å². The van der Waals surface area contributed by atoms with Crippen LogP contribution in [0.15, 0.2) is 24.5 Å². The summed E-state index contributed by atoms with van der Waals surface area (Å²) in [7, 11) is 0. The number of pyridine rings is 1. The highest BCUT2D eigenvalue weighted by atomic mass is 16.2. The lowest BCUT2D eigenvalue weighted by Gasteiger charge is -2.45. The Kier molecular flexibility index (Phi) is 3.66. The molecule has 98 valence electrons. The third kappa shape index (κ3) is 2.88. The zero-order chi connectivity index (χ0) is 13.2. The van der Waals surface area contributed by atoms with Crippen LogP contribution in [0.2, 0.25) is 0 Å². The summed E-state index contributed by atoms with van der Waals surface area (Å²) >= 11 is 0. The molecule has 0 aromatic carbocycles. The van der Waals surface area contributed by atoms with E-state index in [0.717, 1.165) is 24.9 Å². The predicted octanol–water partition coefficient (Wildman–Crippen LogP) is 1.35. The Balaban J connectivity index is 2.05. The van der Waals surface area contributed by atoms with E-state index in [1.807, 2.05) is 17.0 Å². The van der Waals surface area contributed by atoms with Gasteiger partial charge in [-0.1, -0.05) is 6.07 Å². The van der Waals surface area contributed by atoms with Crippen molar-refractivity contribution in [2.75, 3.05) is 6.54 Å². The number of aromatic nitrogens is 1. The van der Waals surface area contributed by atoms with Crippen molar-refractivity contribution in [3.63, 3.8) is 0 Å². The zero-order valence-corrected chi connectivity index (χ0v) is 11.1. The first kappa shape index (κ1) is 13.0. The molecule has 4 nitrogen and oxygen atoms in total. The van der Waals surface area contributed by atoms with Crippen molar-refractivity contribution in [3.8, 4) is 0 Å². The van der Waals surface area contributed by atoms with Crippen molar-refractivity contribution < 1.29 is 4.79 Å². The standard InChI is InChI=1S/C14H21N3O/c1-14(2)9-12(15)5-7-17(14)13(18)8-11-4-3-6-16-10-11/h3-4,6,10,12H,5,7-9,15H2,1-2H3. The molecule has 1 amide bonds. The van der Waals surface area contributed by atoms with Crippen molar-refractivity contribution in [2.45, 2.75) is 44.7 Å². The summed E-state index contributed by atoms with van der Waals surface area (Å²) in [5.74, 6) is 0.167. The monoisotopic (exact) mass is 247 g/mol. The number of likely N-dealkylation sites (tertiary alicyclic amines) is 1. The molecular formula is C14H21N3O. The molecule has 0 aliphatic carbocycles. The highest BCUT2D eigenvalue weighted by Gasteiger charge is 2.36. The fraction of sp³-hybridized carbons (Fsp3) is 0.571. The number of carbonyl (C=O) groups is 1. The first-order chi connectivity index (χ1) is 8.49. The van der Waals surface area contributed by atoms with E-state index in [1.165, 1.54) is 0 Å². The van der Waals surface area contributed by atoms with Gasteiger partial charge < -0.3 is 10.6 Å². The van der Waals surface area contributed by atoms with Crippen molar-refractivity contribution >= 4 is 5.91 Å². The molecule has 1 fully saturated rings. The fourth-order valence-corrected chi connectivity index (χ4v) is 2.69. The van der Waals surface area contributed by atoms with Crippen molar-refractivity contribution in [1.29, 1.82) is 0 Å². The molecule has 1 aromatic heterocycles. The van der Waals surface area contributed by atoms with Crippen molar-refractivity contribution in [1.82, 2.24) is 9.88 Å². The molecular weight excluding hydrogens is 226 g/mol. The molecule has 0 spiro atoms. The second kappa shape index (κ2) is 5.06. The third-order valence-corrected chi connectivity index (χ3v) is 3.60. The minimum absolute atomic E-state index is 0.142. The van der Waals surface area contributed by atoms with E-state index in [2.05, 4.69) is 18.8 Å². The van der Waals surface area contributed by atoms with Crippen LogP contribution in [0.5, 0.6) is 0 Å². The summed E-state index contributed by atoms with van der Waals surface area (Å²) in [5.41, 5.74) is 6.80. The molecule has 1 aromatic rings. The van der Waals surface area contributed by atoms with Gasteiger partial charge in [0.2, 0.25) is 5.91 Å². The van der Waals surface area contributed by atoms with Crippen LogP contribution in [0.4, 0.5) is 0 Å². The van der Waals surface area contributed by atoms with Gasteiger partial charge in [0.05, 0.1) is 6.42 Å². The number of hydrogen-bond acceptors (Lipinski definition) is 3. The minimum Gasteiger partial charge on any atom is -0.337 e. The van der Waals surface area contributed by atoms with Gasteiger partial charge in [-0.25, -0.2) is 0 Å². The predicted molar refractivity (Wildman–Crippen MR) is 70.9 cm³/mol. The van der Waals surface area contributed by atoms with Gasteiger partial charge in [-0.05, 0) is 38.3 Å². The molecule has 1 atom stereocenters. The van der Waals surface area contributed by atoms with Crippen LogP contribution in [0.3, 0.4) is 0 Å². The molecule has 1 saturated heterocycles. The molecule has 2 N–H and O–H groups in total. The van der Waals surface area contributed by atoms with E-state index in [0.29, 0.717) is 6.42 Å². The Hall–Kier alpha value is -1.42. The molecule has 1 aliphatic rings. The van der Waals surface area contributed by atoms with Crippen LogP contribution in [0, 0.1) is 0 Å². The molecule has 0 radical (unpaired) electrons. The van der Waals surface area contributed by atoms with Crippen molar-refractivity contribution in [2.24, 2.45) is 5.73 Å². The normalized spacial score (nSPS) is 22.8. The summed E-state index contributed by atoms with van der Waals surface area (Å²) in [6.45, 7) is 4.94. The Morgan fingerprint density at radius 3 is 3.00 bits per heavy atom. The van der Waals surface area contributed by atoms with E-state index in [1.54, 1.807) is 12.4 Å². The molecule has 1 aliphatic heterocycles. The SMILES string of the molecule is CC1(C)CC(N)CCN1C(=O)Cc1cccnc1. The Bertz CT molecular complexity index is 416. The average molecular weight is 247 g/mol. The van der Waals surface area contributed by atoms with Crippen molar-refractivity contribution in [3.05, 3.63) is 30.1 Å². The number of amides is 1. The lowest BCUT2D eigenvalue weighted by molar-refractivity contribution is -0.138. The van der Waals surface area contributed by atoms with Gasteiger partial charge in [0, 0.05) is 30.5 Å². The van der Waals surface area contributed by atoms with Crippen LogP contribution in [-0.2, 0) is 11.2 Å². The fourth-order valence-electron chi connectivity index (χ4n) is 2.69. The average Bonchev–Trinajstić information content (AvgIpc) is 2.28. The Morgan fingerprint density at radius 2 is 2.39 bits per heavy atom. The molecule has 18 heavy (non-hydrogen) atoms. The lowest BCUT2D eigenvalue weighted by atomic mass is 9.87. The summed E-state index contributed by atoms with van der Waals surface area (Å²) in [4.78, 5) is 18.3. The highest BCUT2D eigenvalue weighted by molar-refractivity contribution is 5.79. The summed E-state index contributed by atoms with van der Waals surface area (Å²) in [5, 5.41) is 0. The summed E-state index contributed by atoms with van der Waals surface area (Å²) in [6, 6.07) is 4.01. The first-order valence-corrected chi connectivity index (χ1v) is 6.44. The number of nitrogens with two attached hydrogens (primary N) is 1. The molecule has 4 heteroatoms. The summed E-state index contributed by atoms with van der Waals surface area (Å²) < 4.78 is 0. The summed E-state index contributed by atoms with van der Waals surface area (Å²) in [6.07, 6.45) is 5.65. The van der Waals surface area contributed by atoms with Crippen LogP contribution in [0.25, 0.3) is 0 Å². The molecule has 1 unspecified atom stereocenters. The van der Waals surface area contributed by atoms with Crippen LogP contribution >= 0.6 is 0 Å². The van der Waals surface area contributed by atoms with E-state index < -0.39 is 0 Å². The first-order valence-electron chi connectivity index (χ1n) is 6.44. The molecule has 2 rings (SSSR count). The van der Waals surface area contributed by atoms with Gasteiger partial charge in [-0.15, -0.1) is 0 Å². The van der Waals surface area contributed by atoms with Gasteiger partial charge in [0.1, 0.15) is 0 Å². The highest BCUT2D eigenvalue weighted by Crippen LogP contribution is 2.27. The number of nitrogens with zero attached hydrogens (tertiary/aromatic N) is 2. The molecule has 2 heterocycles. The zero-order valence-electron chi connectivity index (χ0n) is 11.1. The van der Waals surface area contributed by atoms with Gasteiger partial charge >= 0.3 is 0 Å². The Labute approximate surface area is 108 Å². The second-order valence-electron chi connectivity index (χ2n) is 5.65. The minimum atomic E-state index is -0.142. The molecule has 0 saturated carbocycles. The van der Waals surface area contributed by atoms with E-state index in [9.17, 15) is 4.79 Å². The smallest absolute Gasteiger partial charge is 0.227 e. The van der Waals surface area contributed by atoms with E-state index in [4.69, 9.17) is 5.73 Å². The van der Waals surface area contributed by atoms with Gasteiger partial charge in [0.25, 0.3) is 0 Å². The quantitative estimate of drug-likeness (QED) is 0.858. The molecule has 0 bridgehead atoms. The van der Waals surface area contributed by atoms with Crippen LogP contribution in [0.1, 0.15) is 32.3 Å². The lowest BCUT2D eigenvalue weighted by Crippen LogP contribution is -2.56. The van der Waals surface area contributed by atoms with E-state index >= 15 is 0 Å². The van der Waals surface area contributed by atoms with Crippen LogP contribution < -0.4 is 5.73 Å². The maximum Gasteiger partial charge on any atom is 0.227 e. The second-order valence-corrected chi connectivity index (χ2v) is 5.65. The maximum atomic E-state index is 12.3. The largest absolute Gasteiger partial charge is 0.337 e. The maximum absolute atomic E-state index is 12.3. The number of piperidine rings is 1. The van der Waals surface area contributed by atoms with Gasteiger partial charge in [-0.3, -0.25) is 9.78 Å². The Morgan fingerprint density at radius 1 is 1.61 bits per heavy atom. The third-order valence-electron chi connectivity index (χ3n) is 3.60. The van der Waals surface area contributed by atoms with Crippen LogP contribution in [-0.4, -0.2) is 33.9 Å². The number of hydrogen-bond donors (Lipinski definition) is 1. The van der Waals surface area contributed by atoms with Gasteiger partial charge in [-0.2, -0.15) is 0 Å². The van der Waals surface area contributed by atoms with Gasteiger partial charge in [0.15, 0.2) is 0 Å². The topological polar surface area (TPSA) is 59.2 Å².